The van der Waals surface area contributed by atoms with E-state index in [-0.39, 0.29) is 17.4 Å². The van der Waals surface area contributed by atoms with Gasteiger partial charge in [-0.3, -0.25) is 4.79 Å². The van der Waals surface area contributed by atoms with Crippen LogP contribution in [0, 0.1) is 18.7 Å². The highest BCUT2D eigenvalue weighted by Crippen LogP contribution is 2.32. The van der Waals surface area contributed by atoms with Gasteiger partial charge in [0.2, 0.25) is 5.91 Å². The van der Waals surface area contributed by atoms with E-state index in [4.69, 9.17) is 5.73 Å². The summed E-state index contributed by atoms with van der Waals surface area (Å²) in [5.41, 5.74) is 5.57. The van der Waals surface area contributed by atoms with Crippen LogP contribution in [0.15, 0.2) is 30.5 Å². The molecule has 1 fully saturated rings. The molecule has 0 spiro atoms. The third-order valence-electron chi connectivity index (χ3n) is 5.94. The van der Waals surface area contributed by atoms with Crippen LogP contribution < -0.4 is 16.0 Å². The molecule has 33 heavy (non-hydrogen) atoms. The van der Waals surface area contributed by atoms with Crippen LogP contribution >= 0.6 is 0 Å². The topological polar surface area (TPSA) is 97.0 Å². The number of nitrogens with zero attached hydrogens (tertiary/aromatic N) is 4. The summed E-state index contributed by atoms with van der Waals surface area (Å²) in [6.45, 7) is 4.62. The minimum absolute atomic E-state index is 0.117. The van der Waals surface area contributed by atoms with Gasteiger partial charge in [-0.25, -0.2) is 28.1 Å². The van der Waals surface area contributed by atoms with Crippen molar-refractivity contribution < 1.29 is 18.0 Å². The Morgan fingerprint density at radius 3 is 2.76 bits per heavy atom. The number of piperidine rings is 1. The van der Waals surface area contributed by atoms with Gasteiger partial charge < -0.3 is 16.0 Å². The number of pyridine rings is 1. The Kier molecular flexibility index (Phi) is 6.35. The number of alkyl halides is 2. The van der Waals surface area contributed by atoms with E-state index in [0.29, 0.717) is 34.9 Å². The molecule has 10 heteroatoms. The van der Waals surface area contributed by atoms with Crippen molar-refractivity contribution in [2.75, 3.05) is 23.3 Å². The summed E-state index contributed by atoms with van der Waals surface area (Å²) in [4.78, 5) is 27.0. The Balaban J connectivity index is 1.68. The van der Waals surface area contributed by atoms with E-state index >= 15 is 0 Å². The molecule has 0 bridgehead atoms. The van der Waals surface area contributed by atoms with Gasteiger partial charge in [-0.1, -0.05) is 18.2 Å². The molecule has 0 unspecified atom stereocenters. The van der Waals surface area contributed by atoms with E-state index in [1.165, 1.54) is 12.1 Å². The van der Waals surface area contributed by atoms with Crippen LogP contribution in [0.2, 0.25) is 0 Å². The smallest absolute Gasteiger partial charge is 0.266 e. The van der Waals surface area contributed by atoms with Crippen LogP contribution in [0.5, 0.6) is 0 Å². The SMILES string of the molecule is Cc1nc(N[C@H](C)c2cccc(C(F)F)c2F)c2cc(N3CCC[C@H](C(N)=O)C3)ncc2n1. The van der Waals surface area contributed by atoms with Gasteiger partial charge in [0.15, 0.2) is 0 Å². The van der Waals surface area contributed by atoms with E-state index < -0.39 is 23.8 Å². The maximum Gasteiger partial charge on any atom is 0.266 e. The molecule has 0 aliphatic carbocycles. The van der Waals surface area contributed by atoms with Crippen LogP contribution in [0.4, 0.5) is 24.8 Å². The van der Waals surface area contributed by atoms with E-state index in [2.05, 4.69) is 20.3 Å². The normalized spacial score (nSPS) is 17.4. The first-order valence-electron chi connectivity index (χ1n) is 10.8. The van der Waals surface area contributed by atoms with Gasteiger partial charge in [0, 0.05) is 24.0 Å². The summed E-state index contributed by atoms with van der Waals surface area (Å²) in [5, 5.41) is 3.81. The first kappa shape index (κ1) is 22.8. The Morgan fingerprint density at radius 1 is 1.27 bits per heavy atom. The van der Waals surface area contributed by atoms with Crippen LogP contribution in [-0.4, -0.2) is 33.9 Å². The van der Waals surface area contributed by atoms with E-state index in [1.807, 2.05) is 11.0 Å². The number of rotatable bonds is 6. The number of benzene rings is 1. The first-order valence-corrected chi connectivity index (χ1v) is 10.8. The number of nitrogens with two attached hydrogens (primary N) is 1. The molecule has 1 amide bonds. The molecular formula is C23H25F3N6O. The summed E-state index contributed by atoms with van der Waals surface area (Å²) in [6.07, 6.45) is 0.289. The number of nitrogens with one attached hydrogen (secondary N) is 1. The number of primary amides is 1. The highest BCUT2D eigenvalue weighted by atomic mass is 19.3. The molecule has 1 aromatic carbocycles. The fourth-order valence-electron chi connectivity index (χ4n) is 4.19. The summed E-state index contributed by atoms with van der Waals surface area (Å²) in [5.74, 6) is 0.0782. The Labute approximate surface area is 189 Å². The van der Waals surface area contributed by atoms with Gasteiger partial charge in [0.05, 0.1) is 29.2 Å². The standard InChI is InChI=1S/C23H25F3N6O/c1-12(15-6-3-7-16(20(15)24)21(25)26)29-23-17-9-19(28-10-18(17)30-13(2)31-23)32-8-4-5-14(11-32)22(27)33/h3,6-7,9-10,12,14,21H,4-5,8,11H2,1-2H3,(H2,27,33)(H,29,30,31)/t12-,14+/m1/s1. The second-order valence-electron chi connectivity index (χ2n) is 8.28. The number of carbonyl (C=O) groups is 1. The quantitative estimate of drug-likeness (QED) is 0.572. The molecule has 2 atom stereocenters. The molecule has 0 saturated carbocycles. The Hall–Kier alpha value is -3.43. The Bertz CT molecular complexity index is 1190. The molecular weight excluding hydrogens is 433 g/mol. The lowest BCUT2D eigenvalue weighted by atomic mass is 9.97. The van der Waals surface area contributed by atoms with Crippen LogP contribution in [0.1, 0.15) is 49.2 Å². The van der Waals surface area contributed by atoms with Crippen molar-refractivity contribution in [3.8, 4) is 0 Å². The molecule has 1 aliphatic rings. The van der Waals surface area contributed by atoms with E-state index in [0.717, 1.165) is 25.5 Å². The molecule has 174 valence electrons. The second-order valence-corrected chi connectivity index (χ2v) is 8.28. The van der Waals surface area contributed by atoms with E-state index in [9.17, 15) is 18.0 Å². The lowest BCUT2D eigenvalue weighted by molar-refractivity contribution is -0.122. The fourth-order valence-corrected chi connectivity index (χ4v) is 4.19. The molecule has 4 rings (SSSR count). The number of fused-ring (bicyclic) bond motifs is 1. The second kappa shape index (κ2) is 9.21. The van der Waals surface area contributed by atoms with Gasteiger partial charge in [-0.15, -0.1) is 0 Å². The van der Waals surface area contributed by atoms with Gasteiger partial charge in [-0.05, 0) is 32.8 Å². The third kappa shape index (κ3) is 4.69. The van der Waals surface area contributed by atoms with Crippen LogP contribution in [0.3, 0.4) is 0 Å². The molecule has 7 nitrogen and oxygen atoms in total. The average molecular weight is 458 g/mol. The zero-order valence-corrected chi connectivity index (χ0v) is 18.4. The summed E-state index contributed by atoms with van der Waals surface area (Å²) in [7, 11) is 0. The fraction of sp³-hybridized carbons (Fsp3) is 0.391. The van der Waals surface area contributed by atoms with Gasteiger partial charge in [0.25, 0.3) is 6.43 Å². The van der Waals surface area contributed by atoms with Gasteiger partial charge >= 0.3 is 0 Å². The lowest BCUT2D eigenvalue weighted by Gasteiger charge is -2.32. The number of hydrogen-bond acceptors (Lipinski definition) is 6. The van der Waals surface area contributed by atoms with Crippen molar-refractivity contribution in [3.05, 3.63) is 53.2 Å². The molecule has 1 aliphatic heterocycles. The largest absolute Gasteiger partial charge is 0.369 e. The molecule has 1 saturated heterocycles. The zero-order chi connectivity index (χ0) is 23.7. The van der Waals surface area contributed by atoms with Crippen molar-refractivity contribution in [1.29, 1.82) is 0 Å². The zero-order valence-electron chi connectivity index (χ0n) is 18.4. The molecule has 3 N–H and O–H groups in total. The van der Waals surface area contributed by atoms with Crippen molar-refractivity contribution in [2.45, 2.75) is 39.2 Å². The predicted molar refractivity (Wildman–Crippen MR) is 120 cm³/mol. The number of halogens is 3. The van der Waals surface area contributed by atoms with Gasteiger partial charge in [-0.2, -0.15) is 0 Å². The number of anilines is 2. The van der Waals surface area contributed by atoms with Crippen molar-refractivity contribution in [3.63, 3.8) is 0 Å². The molecule has 3 heterocycles. The summed E-state index contributed by atoms with van der Waals surface area (Å²) < 4.78 is 40.9. The van der Waals surface area contributed by atoms with Crippen molar-refractivity contribution in [1.82, 2.24) is 15.0 Å². The number of hydrogen-bond donors (Lipinski definition) is 2. The van der Waals surface area contributed by atoms with Crippen molar-refractivity contribution >= 4 is 28.4 Å². The molecule has 0 radical (unpaired) electrons. The third-order valence-corrected chi connectivity index (χ3v) is 5.94. The molecule has 2 aromatic heterocycles. The minimum Gasteiger partial charge on any atom is -0.369 e. The molecule has 3 aromatic rings. The van der Waals surface area contributed by atoms with Crippen molar-refractivity contribution in [2.24, 2.45) is 11.7 Å². The highest BCUT2D eigenvalue weighted by molar-refractivity contribution is 5.90. The lowest BCUT2D eigenvalue weighted by Crippen LogP contribution is -2.41. The highest BCUT2D eigenvalue weighted by Gasteiger charge is 2.25. The maximum absolute atomic E-state index is 14.7. The number of aromatic nitrogens is 3. The number of amides is 1. The van der Waals surface area contributed by atoms with E-state index in [1.54, 1.807) is 20.0 Å². The average Bonchev–Trinajstić information content (AvgIpc) is 2.78. The van der Waals surface area contributed by atoms with Crippen LogP contribution in [0.25, 0.3) is 10.9 Å². The van der Waals surface area contributed by atoms with Gasteiger partial charge in [0.1, 0.15) is 23.3 Å². The van der Waals surface area contributed by atoms with Crippen LogP contribution in [-0.2, 0) is 4.79 Å². The minimum atomic E-state index is -2.90. The number of carbonyl (C=O) groups excluding carboxylic acids is 1. The first-order chi connectivity index (χ1) is 15.7. The maximum atomic E-state index is 14.7. The summed E-state index contributed by atoms with van der Waals surface area (Å²) in [6, 6.07) is 5.15. The monoisotopic (exact) mass is 458 g/mol. The predicted octanol–water partition coefficient (Wildman–Crippen LogP) is 4.28. The summed E-state index contributed by atoms with van der Waals surface area (Å²) >= 11 is 0. The number of aryl methyl sites for hydroxylation is 1. The Morgan fingerprint density at radius 2 is 2.03 bits per heavy atom.